The molecular weight excluding hydrogens is 303 g/mol. The Bertz CT molecular complexity index is 658. The van der Waals surface area contributed by atoms with E-state index in [1.807, 2.05) is 62.3 Å². The Kier molecular flexibility index (Phi) is 6.50. The molecule has 0 aliphatic carbocycles. The second-order valence-corrected chi connectivity index (χ2v) is 6.15. The van der Waals surface area contributed by atoms with Gasteiger partial charge in [-0.25, -0.2) is 4.39 Å². The van der Waals surface area contributed by atoms with Crippen LogP contribution in [-0.4, -0.2) is 31.4 Å². The van der Waals surface area contributed by atoms with Crippen LogP contribution in [0.2, 0.25) is 0 Å². The summed E-state index contributed by atoms with van der Waals surface area (Å²) < 4.78 is 13.5. The molecule has 1 N–H and O–H groups in total. The van der Waals surface area contributed by atoms with Crippen molar-refractivity contribution in [1.82, 2.24) is 10.2 Å². The average molecular weight is 328 g/mol. The van der Waals surface area contributed by atoms with Gasteiger partial charge in [0, 0.05) is 6.54 Å². The van der Waals surface area contributed by atoms with Crippen molar-refractivity contribution in [3.63, 3.8) is 0 Å². The zero-order valence-electron chi connectivity index (χ0n) is 14.5. The van der Waals surface area contributed by atoms with Crippen LogP contribution in [0.1, 0.15) is 36.4 Å². The lowest BCUT2D eigenvalue weighted by Gasteiger charge is -2.26. The Morgan fingerprint density at radius 3 is 2.33 bits per heavy atom. The second kappa shape index (κ2) is 8.60. The van der Waals surface area contributed by atoms with E-state index in [-0.39, 0.29) is 23.7 Å². The van der Waals surface area contributed by atoms with Gasteiger partial charge in [-0.05, 0) is 43.8 Å². The Morgan fingerprint density at radius 2 is 1.75 bits per heavy atom. The van der Waals surface area contributed by atoms with Crippen LogP contribution in [0.25, 0.3) is 0 Å². The molecule has 0 saturated carbocycles. The Balaban J connectivity index is 2.07. The average Bonchev–Trinajstić information content (AvgIpc) is 2.56. The highest BCUT2D eigenvalue weighted by molar-refractivity contribution is 5.83. The summed E-state index contributed by atoms with van der Waals surface area (Å²) in [6, 6.07) is 16.2. The van der Waals surface area contributed by atoms with E-state index in [2.05, 4.69) is 5.32 Å². The first-order valence-electron chi connectivity index (χ1n) is 8.27. The molecule has 128 valence electrons. The van der Waals surface area contributed by atoms with Crippen molar-refractivity contribution in [3.8, 4) is 0 Å². The third-order valence-corrected chi connectivity index (χ3v) is 4.25. The van der Waals surface area contributed by atoms with Crippen LogP contribution in [-0.2, 0) is 4.79 Å². The number of hydrogen-bond acceptors (Lipinski definition) is 2. The third kappa shape index (κ3) is 4.65. The largest absolute Gasteiger partial charge is 0.354 e. The van der Waals surface area contributed by atoms with Crippen molar-refractivity contribution in [2.75, 3.05) is 20.6 Å². The molecular formula is C20H25FN2O. The Hall–Kier alpha value is -2.20. The molecule has 2 rings (SSSR count). The van der Waals surface area contributed by atoms with Gasteiger partial charge in [0.05, 0.1) is 12.0 Å². The van der Waals surface area contributed by atoms with Gasteiger partial charge in [-0.3, -0.25) is 4.79 Å². The van der Waals surface area contributed by atoms with Crippen LogP contribution < -0.4 is 5.32 Å². The molecule has 0 aromatic heterocycles. The van der Waals surface area contributed by atoms with Gasteiger partial charge in [0.2, 0.25) is 5.91 Å². The van der Waals surface area contributed by atoms with E-state index in [0.29, 0.717) is 6.54 Å². The zero-order chi connectivity index (χ0) is 17.5. The normalized spacial score (nSPS) is 13.5. The number of benzene rings is 2. The van der Waals surface area contributed by atoms with Crippen LogP contribution in [0, 0.1) is 5.82 Å². The summed E-state index contributed by atoms with van der Waals surface area (Å²) in [7, 11) is 3.85. The highest BCUT2D eigenvalue weighted by Crippen LogP contribution is 2.21. The van der Waals surface area contributed by atoms with E-state index in [0.717, 1.165) is 17.5 Å². The van der Waals surface area contributed by atoms with E-state index in [1.165, 1.54) is 12.1 Å². The summed E-state index contributed by atoms with van der Waals surface area (Å²) in [5.74, 6) is -0.421. The smallest absolute Gasteiger partial charge is 0.227 e. The standard InChI is InChI=1S/C20H25FN2O/c1-4-18(15-9-6-5-7-10-15)20(24)22-14-19(23(2)3)16-11-8-12-17(21)13-16/h5-13,18-19H,4,14H2,1-3H3,(H,22,24)/t18-,19-/m1/s1. The minimum atomic E-state index is -0.263. The Morgan fingerprint density at radius 1 is 1.08 bits per heavy atom. The maximum atomic E-state index is 13.5. The molecule has 0 bridgehead atoms. The lowest BCUT2D eigenvalue weighted by molar-refractivity contribution is -0.122. The minimum Gasteiger partial charge on any atom is -0.354 e. The van der Waals surface area contributed by atoms with Crippen LogP contribution in [0.15, 0.2) is 54.6 Å². The summed E-state index contributed by atoms with van der Waals surface area (Å²) in [4.78, 5) is 14.6. The van der Waals surface area contributed by atoms with Crippen molar-refractivity contribution in [2.24, 2.45) is 0 Å². The molecule has 0 heterocycles. The van der Waals surface area contributed by atoms with Gasteiger partial charge >= 0.3 is 0 Å². The van der Waals surface area contributed by atoms with Crippen molar-refractivity contribution in [3.05, 3.63) is 71.5 Å². The van der Waals surface area contributed by atoms with Crippen LogP contribution in [0.3, 0.4) is 0 Å². The number of hydrogen-bond donors (Lipinski definition) is 1. The number of nitrogens with zero attached hydrogens (tertiary/aromatic N) is 1. The molecule has 0 radical (unpaired) electrons. The number of halogens is 1. The van der Waals surface area contributed by atoms with Crippen LogP contribution >= 0.6 is 0 Å². The molecule has 3 nitrogen and oxygen atoms in total. The topological polar surface area (TPSA) is 32.3 Å². The molecule has 0 unspecified atom stereocenters. The molecule has 0 aliphatic heterocycles. The van der Waals surface area contributed by atoms with Crippen LogP contribution in [0.5, 0.6) is 0 Å². The number of amides is 1. The monoisotopic (exact) mass is 328 g/mol. The fourth-order valence-electron chi connectivity index (χ4n) is 2.89. The van der Waals surface area contributed by atoms with E-state index in [4.69, 9.17) is 0 Å². The maximum Gasteiger partial charge on any atom is 0.227 e. The fourth-order valence-corrected chi connectivity index (χ4v) is 2.89. The van der Waals surface area contributed by atoms with E-state index < -0.39 is 0 Å². The molecule has 0 aliphatic rings. The van der Waals surface area contributed by atoms with Crippen molar-refractivity contribution >= 4 is 5.91 Å². The predicted molar refractivity (Wildman–Crippen MR) is 95.3 cm³/mol. The van der Waals surface area contributed by atoms with Gasteiger partial charge in [-0.15, -0.1) is 0 Å². The molecule has 2 aromatic carbocycles. The van der Waals surface area contributed by atoms with E-state index >= 15 is 0 Å². The molecule has 0 spiro atoms. The van der Waals surface area contributed by atoms with Gasteiger partial charge in [-0.1, -0.05) is 49.4 Å². The lowest BCUT2D eigenvalue weighted by atomic mass is 9.95. The highest BCUT2D eigenvalue weighted by Gasteiger charge is 2.21. The van der Waals surface area contributed by atoms with Crippen LogP contribution in [0.4, 0.5) is 4.39 Å². The van der Waals surface area contributed by atoms with Crippen molar-refractivity contribution < 1.29 is 9.18 Å². The summed E-state index contributed by atoms with van der Waals surface area (Å²) in [5, 5.41) is 3.03. The molecule has 0 fully saturated rings. The van der Waals surface area contributed by atoms with Crippen molar-refractivity contribution in [2.45, 2.75) is 25.3 Å². The summed E-state index contributed by atoms with van der Waals surface area (Å²) >= 11 is 0. The van der Waals surface area contributed by atoms with E-state index in [9.17, 15) is 9.18 Å². The number of likely N-dealkylation sites (N-methyl/N-ethyl adjacent to an activating group) is 1. The van der Waals surface area contributed by atoms with Gasteiger partial charge < -0.3 is 10.2 Å². The maximum absolute atomic E-state index is 13.5. The lowest BCUT2D eigenvalue weighted by Crippen LogP contribution is -2.37. The van der Waals surface area contributed by atoms with Gasteiger partial charge in [0.1, 0.15) is 5.82 Å². The number of nitrogens with one attached hydrogen (secondary N) is 1. The summed E-state index contributed by atoms with van der Waals surface area (Å²) in [5.41, 5.74) is 1.87. The van der Waals surface area contributed by atoms with Crippen molar-refractivity contribution in [1.29, 1.82) is 0 Å². The predicted octanol–water partition coefficient (Wildman–Crippen LogP) is 3.74. The fraction of sp³-hybridized carbons (Fsp3) is 0.350. The number of carbonyl (C=O) groups excluding carboxylic acids is 1. The SMILES string of the molecule is CC[C@@H](C(=O)NC[C@H](c1cccc(F)c1)N(C)C)c1ccccc1. The molecule has 2 aromatic rings. The number of carbonyl (C=O) groups is 1. The van der Waals surface area contributed by atoms with E-state index in [1.54, 1.807) is 6.07 Å². The zero-order valence-corrected chi connectivity index (χ0v) is 14.5. The summed E-state index contributed by atoms with van der Waals surface area (Å²) in [6.07, 6.45) is 0.739. The molecule has 24 heavy (non-hydrogen) atoms. The van der Waals surface area contributed by atoms with Gasteiger partial charge in [0.15, 0.2) is 0 Å². The van der Waals surface area contributed by atoms with Gasteiger partial charge in [0.25, 0.3) is 0 Å². The quantitative estimate of drug-likeness (QED) is 0.840. The first-order chi connectivity index (χ1) is 11.5. The molecule has 2 atom stereocenters. The third-order valence-electron chi connectivity index (χ3n) is 4.25. The summed E-state index contributed by atoms with van der Waals surface area (Å²) in [6.45, 7) is 2.45. The first-order valence-corrected chi connectivity index (χ1v) is 8.27. The minimum absolute atomic E-state index is 0.00644. The second-order valence-electron chi connectivity index (χ2n) is 6.15. The number of rotatable bonds is 7. The highest BCUT2D eigenvalue weighted by atomic mass is 19.1. The van der Waals surface area contributed by atoms with Gasteiger partial charge in [-0.2, -0.15) is 0 Å². The Labute approximate surface area is 143 Å². The molecule has 1 amide bonds. The first kappa shape index (κ1) is 18.1. The molecule has 4 heteroatoms. The molecule has 0 saturated heterocycles.